The van der Waals surface area contributed by atoms with Gasteiger partial charge in [0.1, 0.15) is 11.5 Å². The number of benzene rings is 1. The largest absolute Gasteiger partial charge is 0.506 e. The van der Waals surface area contributed by atoms with Gasteiger partial charge in [-0.1, -0.05) is 18.2 Å². The second kappa shape index (κ2) is 5.16. The molecule has 1 unspecified atom stereocenters. The summed E-state index contributed by atoms with van der Waals surface area (Å²) in [6, 6.07) is 10.5. The third-order valence-corrected chi connectivity index (χ3v) is 4.40. The van der Waals surface area contributed by atoms with E-state index in [2.05, 4.69) is 33.5 Å². The quantitative estimate of drug-likeness (QED) is 0.788. The second-order valence-corrected chi connectivity index (χ2v) is 6.20. The minimum absolute atomic E-state index is 0.118. The number of aliphatic imine (C=N–C) groups is 1. The van der Waals surface area contributed by atoms with Crippen molar-refractivity contribution in [1.82, 2.24) is 4.98 Å². The molecule has 0 radical (unpaired) electrons. The number of aromatic amines is 1. The normalized spacial score (nSPS) is 21.1. The molecule has 3 heterocycles. The Balaban J connectivity index is 1.62. The molecule has 1 aromatic carbocycles. The van der Waals surface area contributed by atoms with E-state index in [9.17, 15) is 5.11 Å². The van der Waals surface area contributed by atoms with E-state index < -0.39 is 0 Å². The van der Waals surface area contributed by atoms with E-state index in [1.807, 2.05) is 32.1 Å². The van der Waals surface area contributed by atoms with Crippen molar-refractivity contribution in [3.05, 3.63) is 70.4 Å². The van der Waals surface area contributed by atoms with Crippen molar-refractivity contribution in [3.8, 4) is 0 Å². The summed E-state index contributed by atoms with van der Waals surface area (Å²) in [5.74, 6) is 0.226. The second-order valence-electron chi connectivity index (χ2n) is 6.20. The molecular weight excluding hydrogens is 286 g/mol. The molecule has 23 heavy (non-hydrogen) atoms. The maximum Gasteiger partial charge on any atom is 0.143 e. The van der Waals surface area contributed by atoms with Crippen LogP contribution in [0, 0.1) is 13.8 Å². The molecule has 116 valence electrons. The Morgan fingerprint density at radius 1 is 1.26 bits per heavy atom. The summed E-state index contributed by atoms with van der Waals surface area (Å²) in [6.07, 6.45) is 4.57. The van der Waals surface area contributed by atoms with Crippen LogP contribution in [0.5, 0.6) is 0 Å². The van der Waals surface area contributed by atoms with Gasteiger partial charge in [0.25, 0.3) is 0 Å². The minimum Gasteiger partial charge on any atom is -0.506 e. The lowest BCUT2D eigenvalue weighted by atomic mass is 10.1. The van der Waals surface area contributed by atoms with Crippen LogP contribution in [0.15, 0.2) is 52.9 Å². The fraction of sp³-hybridized carbons (Fsp3) is 0.211. The number of H-pyrrole nitrogens is 1. The molecule has 0 aliphatic carbocycles. The van der Waals surface area contributed by atoms with Gasteiger partial charge in [-0.2, -0.15) is 0 Å². The number of anilines is 1. The van der Waals surface area contributed by atoms with Crippen molar-refractivity contribution in [2.45, 2.75) is 26.3 Å². The Morgan fingerprint density at radius 2 is 2.09 bits per heavy atom. The van der Waals surface area contributed by atoms with Crippen LogP contribution in [-0.2, 0) is 6.42 Å². The van der Waals surface area contributed by atoms with E-state index in [4.69, 9.17) is 0 Å². The third kappa shape index (κ3) is 2.46. The Bertz CT molecular complexity index is 845. The number of fused-ring (bicyclic) bond motifs is 1. The van der Waals surface area contributed by atoms with E-state index >= 15 is 0 Å². The van der Waals surface area contributed by atoms with E-state index in [1.165, 1.54) is 5.56 Å². The lowest BCUT2D eigenvalue weighted by Gasteiger charge is -2.08. The number of aromatic nitrogens is 1. The van der Waals surface area contributed by atoms with Crippen LogP contribution in [-0.4, -0.2) is 21.8 Å². The molecule has 0 spiro atoms. The number of aliphatic hydroxyl groups is 1. The van der Waals surface area contributed by atoms with E-state index in [0.717, 1.165) is 34.8 Å². The number of hydrogen-bond acceptors (Lipinski definition) is 3. The van der Waals surface area contributed by atoms with Crippen molar-refractivity contribution in [2.24, 2.45) is 4.99 Å². The fourth-order valence-corrected chi connectivity index (χ4v) is 3.24. The lowest BCUT2D eigenvalue weighted by molar-refractivity contribution is 0.426. The highest BCUT2D eigenvalue weighted by Crippen LogP contribution is 2.29. The van der Waals surface area contributed by atoms with Gasteiger partial charge < -0.3 is 15.4 Å². The molecule has 0 saturated carbocycles. The third-order valence-electron chi connectivity index (χ3n) is 4.40. The Labute approximate surface area is 135 Å². The minimum atomic E-state index is 0.118. The first kappa shape index (κ1) is 13.9. The number of nitrogens with one attached hydrogen (secondary N) is 2. The monoisotopic (exact) mass is 305 g/mol. The van der Waals surface area contributed by atoms with Crippen molar-refractivity contribution >= 4 is 17.5 Å². The molecule has 0 bridgehead atoms. The number of aryl methyl sites for hydroxylation is 2. The number of hydrogen-bond donors (Lipinski definition) is 3. The fourth-order valence-electron chi connectivity index (χ4n) is 3.24. The van der Waals surface area contributed by atoms with Crippen LogP contribution in [0.1, 0.15) is 22.5 Å². The predicted octanol–water partition coefficient (Wildman–Crippen LogP) is 3.91. The van der Waals surface area contributed by atoms with Crippen molar-refractivity contribution in [1.29, 1.82) is 0 Å². The van der Waals surface area contributed by atoms with Crippen LogP contribution < -0.4 is 5.32 Å². The first-order valence-corrected chi connectivity index (χ1v) is 7.82. The van der Waals surface area contributed by atoms with E-state index in [1.54, 1.807) is 6.08 Å². The molecule has 4 rings (SSSR count). The van der Waals surface area contributed by atoms with Crippen LogP contribution in [0.2, 0.25) is 0 Å². The van der Waals surface area contributed by atoms with Gasteiger partial charge in [0.2, 0.25) is 0 Å². The Morgan fingerprint density at radius 3 is 2.83 bits per heavy atom. The summed E-state index contributed by atoms with van der Waals surface area (Å²) in [4.78, 5) is 7.92. The summed E-state index contributed by atoms with van der Waals surface area (Å²) in [7, 11) is 0. The number of nitrogens with zero attached hydrogens (tertiary/aromatic N) is 1. The van der Waals surface area contributed by atoms with Gasteiger partial charge >= 0.3 is 0 Å². The van der Waals surface area contributed by atoms with Crippen molar-refractivity contribution in [2.75, 3.05) is 5.32 Å². The standard InChI is InChI=1S/C19H19N3O/c1-11-7-12(2)20-15(11)9-18-19(23)10-17(22-18)16-8-13-5-3-4-6-14(13)21-16/h3-7,9-10,16,20-21,23H,8H2,1-2H3/b18-9-. The maximum atomic E-state index is 10.2. The predicted molar refractivity (Wildman–Crippen MR) is 93.9 cm³/mol. The van der Waals surface area contributed by atoms with Crippen molar-refractivity contribution in [3.63, 3.8) is 0 Å². The Hall–Kier alpha value is -2.75. The van der Waals surface area contributed by atoms with E-state index in [-0.39, 0.29) is 11.8 Å². The highest BCUT2D eigenvalue weighted by atomic mass is 16.3. The zero-order chi connectivity index (χ0) is 16.0. The molecule has 2 aromatic rings. The summed E-state index contributed by atoms with van der Waals surface area (Å²) in [6.45, 7) is 4.07. The van der Waals surface area contributed by atoms with Gasteiger partial charge in [0.15, 0.2) is 0 Å². The summed E-state index contributed by atoms with van der Waals surface area (Å²) >= 11 is 0. The van der Waals surface area contributed by atoms with Gasteiger partial charge in [-0.05, 0) is 43.2 Å². The highest BCUT2D eigenvalue weighted by molar-refractivity contribution is 6.06. The van der Waals surface area contributed by atoms with Crippen LogP contribution in [0.25, 0.3) is 6.08 Å². The molecule has 4 nitrogen and oxygen atoms in total. The average Bonchev–Trinajstić information content (AvgIpc) is 3.18. The molecule has 0 fully saturated rings. The molecule has 2 aliphatic heterocycles. The average molecular weight is 305 g/mol. The first-order chi connectivity index (χ1) is 11.1. The summed E-state index contributed by atoms with van der Waals surface area (Å²) in [5.41, 5.74) is 7.19. The topological polar surface area (TPSA) is 60.4 Å². The zero-order valence-corrected chi connectivity index (χ0v) is 13.2. The molecular formula is C19H19N3O. The van der Waals surface area contributed by atoms with Crippen LogP contribution >= 0.6 is 0 Å². The number of aliphatic hydroxyl groups excluding tert-OH is 1. The number of para-hydroxylation sites is 1. The van der Waals surface area contributed by atoms with Crippen LogP contribution in [0.3, 0.4) is 0 Å². The zero-order valence-electron chi connectivity index (χ0n) is 13.2. The van der Waals surface area contributed by atoms with Crippen molar-refractivity contribution < 1.29 is 5.11 Å². The molecule has 4 heteroatoms. The summed E-state index contributed by atoms with van der Waals surface area (Å²) in [5, 5.41) is 13.7. The molecule has 1 aromatic heterocycles. The van der Waals surface area contributed by atoms with Gasteiger partial charge in [-0.15, -0.1) is 0 Å². The molecule has 0 amide bonds. The van der Waals surface area contributed by atoms with Gasteiger partial charge in [-0.3, -0.25) is 0 Å². The van der Waals surface area contributed by atoms with Gasteiger partial charge in [0, 0.05) is 29.6 Å². The summed E-state index contributed by atoms with van der Waals surface area (Å²) < 4.78 is 0. The van der Waals surface area contributed by atoms with Crippen LogP contribution in [0.4, 0.5) is 5.69 Å². The molecule has 1 atom stereocenters. The number of rotatable bonds is 2. The SMILES string of the molecule is Cc1cc(C)c(/C=C2\N=C(C3Cc4ccccc4N3)C=C2O)[nH]1. The molecule has 2 aliphatic rings. The smallest absolute Gasteiger partial charge is 0.143 e. The lowest BCUT2D eigenvalue weighted by Crippen LogP contribution is -2.24. The molecule has 3 N–H and O–H groups in total. The highest BCUT2D eigenvalue weighted by Gasteiger charge is 2.27. The van der Waals surface area contributed by atoms with Gasteiger partial charge in [-0.25, -0.2) is 4.99 Å². The first-order valence-electron chi connectivity index (χ1n) is 7.82. The maximum absolute atomic E-state index is 10.2. The Kier molecular flexibility index (Phi) is 3.11. The molecule has 0 saturated heterocycles. The van der Waals surface area contributed by atoms with E-state index in [0.29, 0.717) is 5.70 Å². The van der Waals surface area contributed by atoms with Gasteiger partial charge in [0.05, 0.1) is 11.8 Å².